The van der Waals surface area contributed by atoms with Crippen molar-refractivity contribution in [2.75, 3.05) is 6.61 Å². The zero-order valence-corrected chi connectivity index (χ0v) is 16.5. The molecule has 3 aromatic carbocycles. The summed E-state index contributed by atoms with van der Waals surface area (Å²) in [7, 11) is 0. The van der Waals surface area contributed by atoms with E-state index in [4.69, 9.17) is 14.2 Å². The van der Waals surface area contributed by atoms with Gasteiger partial charge in [0, 0.05) is 5.92 Å². The molecule has 0 amide bonds. The molecule has 0 spiro atoms. The van der Waals surface area contributed by atoms with Crippen molar-refractivity contribution >= 4 is 0 Å². The van der Waals surface area contributed by atoms with Gasteiger partial charge in [0.2, 0.25) is 0 Å². The molecule has 3 atom stereocenters. The molecular formula is C25H25FO3. The van der Waals surface area contributed by atoms with Gasteiger partial charge >= 0.3 is 0 Å². The molecule has 0 heterocycles. The Labute approximate surface area is 171 Å². The lowest BCUT2D eigenvalue weighted by Crippen LogP contribution is -2.09. The molecule has 4 rings (SSSR count). The van der Waals surface area contributed by atoms with E-state index in [0.717, 1.165) is 28.4 Å². The molecule has 3 aromatic rings. The summed E-state index contributed by atoms with van der Waals surface area (Å²) in [5.41, 5.74) is 1.97. The predicted octanol–water partition coefficient (Wildman–Crippen LogP) is 6.49. The number of ether oxygens (including phenoxy) is 3. The molecule has 0 aromatic heterocycles. The molecular weight excluding hydrogens is 367 g/mol. The van der Waals surface area contributed by atoms with Crippen LogP contribution in [-0.4, -0.2) is 12.8 Å². The van der Waals surface area contributed by atoms with Crippen LogP contribution in [0.1, 0.15) is 30.6 Å². The van der Waals surface area contributed by atoms with Crippen molar-refractivity contribution in [2.45, 2.75) is 32.2 Å². The maximum Gasteiger partial charge on any atom is 0.127 e. The first-order valence-corrected chi connectivity index (χ1v) is 10.0. The highest BCUT2D eigenvalue weighted by atomic mass is 19.1. The van der Waals surface area contributed by atoms with E-state index in [9.17, 15) is 4.39 Å². The maximum absolute atomic E-state index is 13.8. The lowest BCUT2D eigenvalue weighted by atomic mass is 10.0. The van der Waals surface area contributed by atoms with E-state index in [1.807, 2.05) is 85.8 Å². The molecule has 0 bridgehead atoms. The first-order valence-electron chi connectivity index (χ1n) is 10.0. The number of rotatable bonds is 9. The third kappa shape index (κ3) is 5.15. The van der Waals surface area contributed by atoms with Crippen LogP contribution in [0.2, 0.25) is 0 Å². The first kappa shape index (κ1) is 19.5. The standard InChI is InChI=1S/C25H25FO3/c1-2-27-20-13-11-19(12-14-20)25(23-16-24(23)26)28-17-18-7-6-10-22(15-18)29-21-8-4-3-5-9-21/h3-15,23-25H,2,16-17H2,1H3. The molecule has 4 heteroatoms. The van der Waals surface area contributed by atoms with E-state index >= 15 is 0 Å². The van der Waals surface area contributed by atoms with Crippen LogP contribution >= 0.6 is 0 Å². The maximum atomic E-state index is 13.8. The number of hydrogen-bond acceptors (Lipinski definition) is 3. The monoisotopic (exact) mass is 392 g/mol. The van der Waals surface area contributed by atoms with Crippen LogP contribution in [0.25, 0.3) is 0 Å². The Morgan fingerprint density at radius 3 is 2.31 bits per heavy atom. The van der Waals surface area contributed by atoms with Gasteiger partial charge in [0.05, 0.1) is 19.3 Å². The fraction of sp³-hybridized carbons (Fsp3) is 0.280. The second-order valence-electron chi connectivity index (χ2n) is 7.21. The molecule has 3 unspecified atom stereocenters. The number of para-hydroxylation sites is 1. The summed E-state index contributed by atoms with van der Waals surface area (Å²) in [6, 6.07) is 25.2. The number of benzene rings is 3. The molecule has 150 valence electrons. The minimum Gasteiger partial charge on any atom is -0.494 e. The predicted molar refractivity (Wildman–Crippen MR) is 111 cm³/mol. The quantitative estimate of drug-likeness (QED) is 0.416. The van der Waals surface area contributed by atoms with Crippen molar-refractivity contribution in [3.05, 3.63) is 90.0 Å². The van der Waals surface area contributed by atoms with E-state index in [1.54, 1.807) is 0 Å². The van der Waals surface area contributed by atoms with Gasteiger partial charge in [-0.05, 0) is 60.9 Å². The molecule has 3 nitrogen and oxygen atoms in total. The summed E-state index contributed by atoms with van der Waals surface area (Å²) in [5.74, 6) is 2.27. The summed E-state index contributed by atoms with van der Waals surface area (Å²) in [6.07, 6.45) is -0.506. The van der Waals surface area contributed by atoms with Crippen molar-refractivity contribution < 1.29 is 18.6 Å². The van der Waals surface area contributed by atoms with Crippen LogP contribution < -0.4 is 9.47 Å². The van der Waals surface area contributed by atoms with Gasteiger partial charge in [-0.25, -0.2) is 4.39 Å². The van der Waals surface area contributed by atoms with Crippen molar-refractivity contribution in [3.8, 4) is 17.2 Å². The Kier molecular flexibility index (Phi) is 6.11. The summed E-state index contributed by atoms with van der Waals surface area (Å²) in [5, 5.41) is 0. The number of halogens is 1. The van der Waals surface area contributed by atoms with Gasteiger partial charge in [-0.3, -0.25) is 0 Å². The summed E-state index contributed by atoms with van der Waals surface area (Å²) in [6.45, 7) is 2.97. The largest absolute Gasteiger partial charge is 0.494 e. The van der Waals surface area contributed by atoms with E-state index in [2.05, 4.69) is 0 Å². The minimum atomic E-state index is -0.792. The Morgan fingerprint density at radius 1 is 0.897 bits per heavy atom. The molecule has 1 saturated carbocycles. The smallest absolute Gasteiger partial charge is 0.127 e. The number of hydrogen-bond donors (Lipinski definition) is 0. The Hall–Kier alpha value is -2.85. The van der Waals surface area contributed by atoms with E-state index in [-0.39, 0.29) is 12.0 Å². The zero-order chi connectivity index (χ0) is 20.1. The second-order valence-corrected chi connectivity index (χ2v) is 7.21. The highest BCUT2D eigenvalue weighted by molar-refractivity contribution is 5.34. The van der Waals surface area contributed by atoms with Crippen LogP contribution in [-0.2, 0) is 11.3 Å². The van der Waals surface area contributed by atoms with Gasteiger partial charge in [-0.1, -0.05) is 42.5 Å². The molecule has 1 fully saturated rings. The van der Waals surface area contributed by atoms with Crippen LogP contribution in [0.4, 0.5) is 4.39 Å². The minimum absolute atomic E-state index is 0.0864. The van der Waals surface area contributed by atoms with Crippen molar-refractivity contribution in [1.29, 1.82) is 0 Å². The average molecular weight is 392 g/mol. The summed E-state index contributed by atoms with van der Waals surface area (Å²) >= 11 is 0. The van der Waals surface area contributed by atoms with Gasteiger partial charge in [0.25, 0.3) is 0 Å². The molecule has 0 radical (unpaired) electrons. The van der Waals surface area contributed by atoms with Gasteiger partial charge in [-0.2, -0.15) is 0 Å². The van der Waals surface area contributed by atoms with Gasteiger partial charge in [0.1, 0.15) is 23.4 Å². The fourth-order valence-corrected chi connectivity index (χ4v) is 3.39. The fourth-order valence-electron chi connectivity index (χ4n) is 3.39. The summed E-state index contributed by atoms with van der Waals surface area (Å²) < 4.78 is 31.4. The highest BCUT2D eigenvalue weighted by Crippen LogP contribution is 2.46. The van der Waals surface area contributed by atoms with E-state index < -0.39 is 6.17 Å². The Morgan fingerprint density at radius 2 is 1.62 bits per heavy atom. The van der Waals surface area contributed by atoms with Crippen molar-refractivity contribution in [3.63, 3.8) is 0 Å². The molecule has 0 aliphatic heterocycles. The highest BCUT2D eigenvalue weighted by Gasteiger charge is 2.45. The lowest BCUT2D eigenvalue weighted by Gasteiger charge is -2.19. The Balaban J connectivity index is 1.43. The van der Waals surface area contributed by atoms with Gasteiger partial charge < -0.3 is 14.2 Å². The first-order chi connectivity index (χ1) is 14.2. The normalized spacial score (nSPS) is 18.8. The molecule has 29 heavy (non-hydrogen) atoms. The van der Waals surface area contributed by atoms with Crippen molar-refractivity contribution in [1.82, 2.24) is 0 Å². The lowest BCUT2D eigenvalue weighted by molar-refractivity contribution is 0.0192. The van der Waals surface area contributed by atoms with Crippen LogP contribution in [0.5, 0.6) is 17.2 Å². The molecule has 1 aliphatic carbocycles. The van der Waals surface area contributed by atoms with E-state index in [1.165, 1.54) is 0 Å². The van der Waals surface area contributed by atoms with Gasteiger partial charge in [-0.15, -0.1) is 0 Å². The molecule has 0 N–H and O–H groups in total. The molecule has 1 aliphatic rings. The van der Waals surface area contributed by atoms with Crippen LogP contribution in [0.15, 0.2) is 78.9 Å². The average Bonchev–Trinajstić information content (AvgIpc) is 3.47. The second kappa shape index (κ2) is 9.10. The van der Waals surface area contributed by atoms with Gasteiger partial charge in [0.15, 0.2) is 0 Å². The number of alkyl halides is 1. The third-order valence-electron chi connectivity index (χ3n) is 4.97. The molecule has 0 saturated heterocycles. The van der Waals surface area contributed by atoms with Crippen LogP contribution in [0.3, 0.4) is 0 Å². The summed E-state index contributed by atoms with van der Waals surface area (Å²) in [4.78, 5) is 0. The Bertz CT molecular complexity index is 911. The third-order valence-corrected chi connectivity index (χ3v) is 4.97. The topological polar surface area (TPSA) is 27.7 Å². The van der Waals surface area contributed by atoms with E-state index in [0.29, 0.717) is 19.6 Å². The van der Waals surface area contributed by atoms with Crippen LogP contribution in [0, 0.1) is 5.92 Å². The SMILES string of the molecule is CCOc1ccc(C(OCc2cccc(Oc3ccccc3)c2)C2CC2F)cc1. The van der Waals surface area contributed by atoms with Crippen molar-refractivity contribution in [2.24, 2.45) is 5.92 Å². The zero-order valence-electron chi connectivity index (χ0n) is 16.5.